The van der Waals surface area contributed by atoms with Crippen LogP contribution in [0, 0.1) is 6.92 Å². The molecule has 3 heterocycles. The summed E-state index contributed by atoms with van der Waals surface area (Å²) in [5.41, 5.74) is 2.46. The Hall–Kier alpha value is -2.87. The van der Waals surface area contributed by atoms with Crippen molar-refractivity contribution in [3.8, 4) is 5.75 Å². The Morgan fingerprint density at radius 3 is 2.93 bits per heavy atom. The first-order valence-corrected chi connectivity index (χ1v) is 9.55. The molecule has 0 amide bonds. The van der Waals surface area contributed by atoms with Crippen LogP contribution in [0.1, 0.15) is 36.9 Å². The van der Waals surface area contributed by atoms with Gasteiger partial charge in [0.2, 0.25) is 10.1 Å². The van der Waals surface area contributed by atoms with E-state index in [0.717, 1.165) is 33.7 Å². The van der Waals surface area contributed by atoms with Gasteiger partial charge in [-0.2, -0.15) is 4.52 Å². The van der Waals surface area contributed by atoms with Gasteiger partial charge in [-0.3, -0.25) is 4.79 Å². The van der Waals surface area contributed by atoms with Crippen LogP contribution in [0.25, 0.3) is 15.9 Å². The molecule has 27 heavy (non-hydrogen) atoms. The molecule has 0 spiro atoms. The lowest BCUT2D eigenvalue weighted by atomic mass is 10.1. The summed E-state index contributed by atoms with van der Waals surface area (Å²) in [4.78, 5) is 17.2. The Bertz CT molecular complexity index is 1190. The summed E-state index contributed by atoms with van der Waals surface area (Å²) in [5.74, 6) is 1.62. The molecule has 140 valence electrons. The number of nitrogens with zero attached hydrogens (tertiary/aromatic N) is 3. The van der Waals surface area contributed by atoms with Gasteiger partial charge >= 0.3 is 0 Å². The van der Waals surface area contributed by atoms with Crippen molar-refractivity contribution < 1.29 is 9.15 Å². The third kappa shape index (κ3) is 3.06. The van der Waals surface area contributed by atoms with Crippen LogP contribution >= 0.6 is 11.3 Å². The zero-order valence-corrected chi connectivity index (χ0v) is 16.4. The van der Waals surface area contributed by atoms with E-state index in [1.54, 1.807) is 7.11 Å². The largest absolute Gasteiger partial charge is 0.497 e. The maximum absolute atomic E-state index is 12.2. The molecule has 1 atom stereocenters. The van der Waals surface area contributed by atoms with E-state index in [-0.39, 0.29) is 11.6 Å². The van der Waals surface area contributed by atoms with E-state index in [4.69, 9.17) is 9.15 Å². The van der Waals surface area contributed by atoms with Crippen molar-refractivity contribution in [3.05, 3.63) is 51.6 Å². The molecule has 0 saturated carbocycles. The summed E-state index contributed by atoms with van der Waals surface area (Å²) >= 11 is 1.35. The van der Waals surface area contributed by atoms with E-state index in [2.05, 4.69) is 15.4 Å². The van der Waals surface area contributed by atoms with Gasteiger partial charge in [0.25, 0.3) is 5.56 Å². The first kappa shape index (κ1) is 17.5. The Labute approximate surface area is 159 Å². The zero-order valence-electron chi connectivity index (χ0n) is 15.6. The maximum Gasteiger partial charge on any atom is 0.275 e. The lowest BCUT2D eigenvalue weighted by molar-refractivity contribution is 0.415. The van der Waals surface area contributed by atoms with Crippen molar-refractivity contribution in [1.82, 2.24) is 14.6 Å². The third-order valence-electron chi connectivity index (χ3n) is 4.57. The summed E-state index contributed by atoms with van der Waals surface area (Å²) < 4.78 is 12.7. The number of fused-ring (bicyclic) bond motifs is 2. The molecule has 0 radical (unpaired) electrons. The highest BCUT2D eigenvalue weighted by molar-refractivity contribution is 7.20. The minimum Gasteiger partial charge on any atom is -0.497 e. The number of anilines is 1. The number of hydrogen-bond acceptors (Lipinski definition) is 7. The van der Waals surface area contributed by atoms with Gasteiger partial charge in [-0.15, -0.1) is 5.10 Å². The Balaban J connectivity index is 1.68. The summed E-state index contributed by atoms with van der Waals surface area (Å²) in [6, 6.07) is 7.16. The highest BCUT2D eigenvalue weighted by Gasteiger charge is 2.19. The second-order valence-corrected chi connectivity index (χ2v) is 7.32. The molecule has 3 aromatic heterocycles. The van der Waals surface area contributed by atoms with E-state index in [1.807, 2.05) is 39.0 Å². The number of ether oxygens (including phenoxy) is 1. The van der Waals surface area contributed by atoms with Crippen LogP contribution in [0.5, 0.6) is 5.75 Å². The van der Waals surface area contributed by atoms with Crippen LogP contribution in [0.2, 0.25) is 0 Å². The van der Waals surface area contributed by atoms with E-state index in [0.29, 0.717) is 16.5 Å². The van der Waals surface area contributed by atoms with Crippen LogP contribution in [0.4, 0.5) is 5.13 Å². The fraction of sp³-hybridized carbons (Fsp3) is 0.316. The second-order valence-electron chi connectivity index (χ2n) is 6.36. The summed E-state index contributed by atoms with van der Waals surface area (Å²) in [6.45, 7) is 6.00. The average molecular weight is 384 g/mol. The minimum atomic E-state index is -0.166. The number of aryl methyl sites for hydroxylation is 2. The van der Waals surface area contributed by atoms with Crippen LogP contribution in [-0.2, 0) is 6.42 Å². The van der Waals surface area contributed by atoms with E-state index in [1.165, 1.54) is 21.9 Å². The van der Waals surface area contributed by atoms with Crippen molar-refractivity contribution in [2.45, 2.75) is 33.2 Å². The highest BCUT2D eigenvalue weighted by atomic mass is 32.1. The number of benzene rings is 1. The summed E-state index contributed by atoms with van der Waals surface area (Å²) in [5, 5.41) is 9.32. The SMILES string of the molecule is CCc1cc(=O)n2nc(NC(C)c3oc4ccc(OC)cc4c3C)sc2n1. The minimum absolute atomic E-state index is 0.120. The first-order valence-electron chi connectivity index (χ1n) is 8.73. The van der Waals surface area contributed by atoms with Crippen molar-refractivity contribution in [2.75, 3.05) is 12.4 Å². The van der Waals surface area contributed by atoms with Gasteiger partial charge in [0.15, 0.2) is 0 Å². The number of nitrogens with one attached hydrogen (secondary N) is 1. The fourth-order valence-corrected chi connectivity index (χ4v) is 4.02. The molecule has 4 aromatic rings. The lowest BCUT2D eigenvalue weighted by Crippen LogP contribution is -2.15. The van der Waals surface area contributed by atoms with Gasteiger partial charge in [-0.25, -0.2) is 4.98 Å². The lowest BCUT2D eigenvalue weighted by Gasteiger charge is -2.10. The standard InChI is InChI=1S/C19H20N4O3S/c1-5-12-8-16(24)23-19(21-12)27-18(22-23)20-11(3)17-10(2)14-9-13(25-4)6-7-15(14)26-17/h6-9,11H,5H2,1-4H3,(H,20,22). The van der Waals surface area contributed by atoms with Crippen LogP contribution in [-0.4, -0.2) is 21.7 Å². The van der Waals surface area contributed by atoms with Gasteiger partial charge < -0.3 is 14.5 Å². The molecule has 1 unspecified atom stereocenters. The number of rotatable bonds is 5. The second kappa shape index (κ2) is 6.70. The van der Waals surface area contributed by atoms with E-state index in [9.17, 15) is 4.79 Å². The fourth-order valence-electron chi connectivity index (χ4n) is 3.11. The summed E-state index contributed by atoms with van der Waals surface area (Å²) in [6.07, 6.45) is 0.713. The Morgan fingerprint density at radius 1 is 1.37 bits per heavy atom. The number of furan rings is 1. The molecule has 1 N–H and O–H groups in total. The molecule has 1 aromatic carbocycles. The van der Waals surface area contributed by atoms with Gasteiger partial charge in [0, 0.05) is 22.7 Å². The molecule has 0 fully saturated rings. The molecule has 4 rings (SSSR count). The van der Waals surface area contributed by atoms with Crippen LogP contribution in [0.15, 0.2) is 33.5 Å². The van der Waals surface area contributed by atoms with Crippen molar-refractivity contribution in [2.24, 2.45) is 0 Å². The average Bonchev–Trinajstić information content (AvgIpc) is 3.22. The van der Waals surface area contributed by atoms with Crippen LogP contribution in [0.3, 0.4) is 0 Å². The molecular weight excluding hydrogens is 364 g/mol. The monoisotopic (exact) mass is 384 g/mol. The normalized spacial score (nSPS) is 12.6. The number of aromatic nitrogens is 3. The van der Waals surface area contributed by atoms with Gasteiger partial charge in [0.1, 0.15) is 17.1 Å². The topological polar surface area (TPSA) is 81.7 Å². The number of hydrogen-bond donors (Lipinski definition) is 1. The molecule has 0 bridgehead atoms. The molecule has 0 saturated heterocycles. The van der Waals surface area contributed by atoms with Gasteiger partial charge in [-0.1, -0.05) is 18.3 Å². The Morgan fingerprint density at radius 2 is 2.19 bits per heavy atom. The quantitative estimate of drug-likeness (QED) is 0.561. The molecule has 8 heteroatoms. The van der Waals surface area contributed by atoms with Crippen LogP contribution < -0.4 is 15.6 Å². The molecule has 0 aliphatic carbocycles. The predicted molar refractivity (Wildman–Crippen MR) is 106 cm³/mol. The number of methoxy groups -OCH3 is 1. The van der Waals surface area contributed by atoms with Crippen molar-refractivity contribution >= 4 is 32.4 Å². The van der Waals surface area contributed by atoms with E-state index < -0.39 is 0 Å². The van der Waals surface area contributed by atoms with Gasteiger partial charge in [-0.05, 0) is 38.5 Å². The first-order chi connectivity index (χ1) is 13.0. The molecule has 7 nitrogen and oxygen atoms in total. The zero-order chi connectivity index (χ0) is 19.1. The highest BCUT2D eigenvalue weighted by Crippen LogP contribution is 2.33. The molecular formula is C19H20N4O3S. The third-order valence-corrected chi connectivity index (χ3v) is 5.41. The van der Waals surface area contributed by atoms with Gasteiger partial charge in [0.05, 0.1) is 13.2 Å². The Kier molecular flexibility index (Phi) is 4.35. The van der Waals surface area contributed by atoms with E-state index >= 15 is 0 Å². The van der Waals surface area contributed by atoms with Crippen molar-refractivity contribution in [3.63, 3.8) is 0 Å². The van der Waals surface area contributed by atoms with Crippen molar-refractivity contribution in [1.29, 1.82) is 0 Å². The molecule has 0 aliphatic rings. The molecule has 0 aliphatic heterocycles. The predicted octanol–water partition coefficient (Wildman–Crippen LogP) is 3.95. The smallest absolute Gasteiger partial charge is 0.275 e. The summed E-state index contributed by atoms with van der Waals surface area (Å²) in [7, 11) is 1.65. The maximum atomic E-state index is 12.2.